The molecule has 5 aromatic rings. The molecule has 1 N–H and O–H groups in total. The zero-order valence-electron chi connectivity index (χ0n) is 17.8. The summed E-state index contributed by atoms with van der Waals surface area (Å²) in [5, 5.41) is 13.2. The van der Waals surface area contributed by atoms with Crippen molar-refractivity contribution in [1.29, 1.82) is 0 Å². The van der Waals surface area contributed by atoms with Crippen LogP contribution in [0.15, 0.2) is 67.0 Å². The van der Waals surface area contributed by atoms with Crippen LogP contribution in [-0.4, -0.2) is 46.1 Å². The largest absolute Gasteiger partial charge is 0.323 e. The fourth-order valence-corrected chi connectivity index (χ4v) is 4.19. The number of rotatable bonds is 5. The summed E-state index contributed by atoms with van der Waals surface area (Å²) in [7, 11) is 0.0284. The molecule has 32 heavy (non-hydrogen) atoms. The number of aromatic nitrogens is 5. The highest BCUT2D eigenvalue weighted by atomic mass is 32.2. The Morgan fingerprint density at radius 1 is 1.03 bits per heavy atom. The number of hydrogen-bond donors (Lipinski definition) is 1. The van der Waals surface area contributed by atoms with E-state index in [4.69, 9.17) is 0 Å². The van der Waals surface area contributed by atoms with Crippen LogP contribution in [0.1, 0.15) is 0 Å². The van der Waals surface area contributed by atoms with Gasteiger partial charge < -0.3 is 5.32 Å². The molecule has 0 spiro atoms. The second-order valence-electron chi connectivity index (χ2n) is 7.55. The maximum absolute atomic E-state index is 12.1. The summed E-state index contributed by atoms with van der Waals surface area (Å²) < 4.78 is 29.1. The molecule has 3 aromatic heterocycles. The summed E-state index contributed by atoms with van der Waals surface area (Å²) in [6.45, 7) is 0. The van der Waals surface area contributed by atoms with E-state index in [1.807, 2.05) is 66.5 Å². The van der Waals surface area contributed by atoms with Crippen molar-refractivity contribution in [2.75, 3.05) is 22.9 Å². The predicted molar refractivity (Wildman–Crippen MR) is 126 cm³/mol. The lowest BCUT2D eigenvalue weighted by Crippen LogP contribution is -2.25. The smallest absolute Gasteiger partial charge is 0.245 e. The molecule has 2 aromatic carbocycles. The Morgan fingerprint density at radius 2 is 1.84 bits per heavy atom. The van der Waals surface area contributed by atoms with Gasteiger partial charge in [-0.05, 0) is 36.4 Å². The van der Waals surface area contributed by atoms with Gasteiger partial charge in [0.1, 0.15) is 0 Å². The Labute approximate surface area is 185 Å². The van der Waals surface area contributed by atoms with Crippen molar-refractivity contribution < 1.29 is 8.42 Å². The summed E-state index contributed by atoms with van der Waals surface area (Å²) in [6.07, 6.45) is 4.72. The van der Waals surface area contributed by atoms with E-state index >= 15 is 0 Å². The van der Waals surface area contributed by atoms with Gasteiger partial charge in [0.25, 0.3) is 0 Å². The molecule has 0 saturated carbocycles. The van der Waals surface area contributed by atoms with Crippen LogP contribution in [0.4, 0.5) is 17.3 Å². The summed E-state index contributed by atoms with van der Waals surface area (Å²) in [4.78, 5) is 4.42. The first-order valence-electron chi connectivity index (χ1n) is 9.88. The quantitative estimate of drug-likeness (QED) is 0.443. The number of benzene rings is 2. The lowest BCUT2D eigenvalue weighted by Gasteiger charge is -2.20. The number of sulfonamides is 1. The van der Waals surface area contributed by atoms with Gasteiger partial charge in [-0.15, -0.1) is 5.10 Å². The van der Waals surface area contributed by atoms with Crippen LogP contribution in [0.2, 0.25) is 0 Å². The summed E-state index contributed by atoms with van der Waals surface area (Å²) in [5.74, 6) is 0.423. The molecule has 0 aliphatic carbocycles. The molecule has 0 unspecified atom stereocenters. The maximum atomic E-state index is 12.1. The van der Waals surface area contributed by atoms with Crippen molar-refractivity contribution >= 4 is 43.8 Å². The fraction of sp³-hybridized carbons (Fsp3) is 0.136. The predicted octanol–water partition coefficient (Wildman–Crippen LogP) is 3.42. The van der Waals surface area contributed by atoms with Gasteiger partial charge in [-0.25, -0.2) is 17.9 Å². The van der Waals surface area contributed by atoms with Crippen molar-refractivity contribution in [3.63, 3.8) is 0 Å². The molecule has 0 fully saturated rings. The number of nitrogens with one attached hydrogen (secondary N) is 1. The zero-order chi connectivity index (χ0) is 22.5. The minimum atomic E-state index is -3.42. The van der Waals surface area contributed by atoms with Crippen LogP contribution in [0.5, 0.6) is 0 Å². The first-order chi connectivity index (χ1) is 15.3. The third-order valence-electron chi connectivity index (χ3n) is 5.42. The van der Waals surface area contributed by atoms with E-state index in [9.17, 15) is 8.42 Å². The molecule has 0 bridgehead atoms. The van der Waals surface area contributed by atoms with Crippen LogP contribution < -0.4 is 9.62 Å². The Kier molecular flexibility index (Phi) is 4.59. The summed E-state index contributed by atoms with van der Waals surface area (Å²) in [6, 6.07) is 17.1. The second-order valence-corrected chi connectivity index (χ2v) is 9.57. The number of aryl methyl sites for hydroxylation is 1. The van der Waals surface area contributed by atoms with E-state index < -0.39 is 10.0 Å². The van der Waals surface area contributed by atoms with Crippen molar-refractivity contribution in [1.82, 2.24) is 24.4 Å². The number of nitrogens with zero attached hydrogens (tertiary/aromatic N) is 6. The molecule has 0 amide bonds. The van der Waals surface area contributed by atoms with Crippen LogP contribution >= 0.6 is 0 Å². The Hall–Kier alpha value is -3.92. The van der Waals surface area contributed by atoms with Gasteiger partial charge in [0.15, 0.2) is 0 Å². The molecule has 10 heteroatoms. The molecular formula is C22H21N7O2S. The average molecular weight is 448 g/mol. The summed E-state index contributed by atoms with van der Waals surface area (Å²) in [5.41, 5.74) is 4.76. The molecule has 9 nitrogen and oxygen atoms in total. The Morgan fingerprint density at radius 3 is 2.66 bits per heavy atom. The second kappa shape index (κ2) is 7.34. The lowest BCUT2D eigenvalue weighted by atomic mass is 10.1. The van der Waals surface area contributed by atoms with Crippen LogP contribution in [0, 0.1) is 0 Å². The van der Waals surface area contributed by atoms with Crippen molar-refractivity contribution in [3.8, 4) is 11.3 Å². The van der Waals surface area contributed by atoms with Gasteiger partial charge in [-0.3, -0.25) is 8.99 Å². The van der Waals surface area contributed by atoms with Crippen molar-refractivity contribution in [3.05, 3.63) is 67.0 Å². The Bertz CT molecular complexity index is 1570. The third-order valence-corrected chi connectivity index (χ3v) is 6.61. The van der Waals surface area contributed by atoms with E-state index in [0.717, 1.165) is 33.4 Å². The van der Waals surface area contributed by atoms with Gasteiger partial charge in [-0.1, -0.05) is 18.2 Å². The lowest BCUT2D eigenvalue weighted by molar-refractivity contribution is 0.600. The highest BCUT2D eigenvalue weighted by molar-refractivity contribution is 7.92. The normalized spacial score (nSPS) is 11.8. The standard InChI is InChI=1S/C22H21N7O2S/c1-27-19-10-8-16(12-15(19)13-24-27)25-22-23-14-17-9-11-21(29(17)26-22)18-6-4-5-7-20(18)28(2)32(3,30)31/h4-14H,1-3H3,(H,25,26). The monoisotopic (exact) mass is 447 g/mol. The van der Waals surface area contributed by atoms with Crippen molar-refractivity contribution in [2.45, 2.75) is 0 Å². The highest BCUT2D eigenvalue weighted by Gasteiger charge is 2.18. The van der Waals surface area contributed by atoms with E-state index in [2.05, 4.69) is 20.5 Å². The average Bonchev–Trinajstić information content (AvgIpc) is 3.35. The van der Waals surface area contributed by atoms with Crippen LogP contribution in [0.3, 0.4) is 0 Å². The van der Waals surface area contributed by atoms with Gasteiger partial charge >= 0.3 is 0 Å². The number of hydrogen-bond acceptors (Lipinski definition) is 6. The van der Waals surface area contributed by atoms with E-state index in [1.54, 1.807) is 23.8 Å². The van der Waals surface area contributed by atoms with E-state index in [1.165, 1.54) is 10.6 Å². The van der Waals surface area contributed by atoms with Gasteiger partial charge in [0, 0.05) is 30.7 Å². The molecule has 5 rings (SSSR count). The molecule has 0 aliphatic heterocycles. The van der Waals surface area contributed by atoms with E-state index in [-0.39, 0.29) is 0 Å². The van der Waals surface area contributed by atoms with Gasteiger partial charge in [-0.2, -0.15) is 5.10 Å². The van der Waals surface area contributed by atoms with E-state index in [0.29, 0.717) is 11.6 Å². The fourth-order valence-electron chi connectivity index (χ4n) is 3.68. The molecule has 0 aliphatic rings. The molecule has 3 heterocycles. The minimum Gasteiger partial charge on any atom is -0.323 e. The topological polar surface area (TPSA) is 97.4 Å². The molecule has 0 radical (unpaired) electrons. The molecular weight excluding hydrogens is 426 g/mol. The SMILES string of the molecule is CN(c1ccccc1-c1ccc2cnc(Nc3ccc4c(cnn4C)c3)nn12)S(C)(=O)=O. The third kappa shape index (κ3) is 3.44. The van der Waals surface area contributed by atoms with Crippen LogP contribution in [0.25, 0.3) is 27.7 Å². The zero-order valence-corrected chi connectivity index (χ0v) is 18.6. The number of anilines is 3. The number of fused-ring (bicyclic) bond motifs is 2. The van der Waals surface area contributed by atoms with Crippen LogP contribution in [-0.2, 0) is 17.1 Å². The molecule has 162 valence electrons. The maximum Gasteiger partial charge on any atom is 0.245 e. The first kappa shape index (κ1) is 20.0. The Balaban J connectivity index is 1.56. The molecule has 0 saturated heterocycles. The minimum absolute atomic E-state index is 0.423. The van der Waals surface area contributed by atoms with Gasteiger partial charge in [0.2, 0.25) is 16.0 Å². The van der Waals surface area contributed by atoms with Crippen molar-refractivity contribution in [2.24, 2.45) is 7.05 Å². The highest BCUT2D eigenvalue weighted by Crippen LogP contribution is 2.32. The summed E-state index contributed by atoms with van der Waals surface area (Å²) >= 11 is 0. The first-order valence-corrected chi connectivity index (χ1v) is 11.7. The molecule has 0 atom stereocenters. The number of para-hydroxylation sites is 1. The van der Waals surface area contributed by atoms with Gasteiger partial charge in [0.05, 0.1) is 41.1 Å².